The average molecular weight is 333 g/mol. The van der Waals surface area contributed by atoms with Crippen LogP contribution in [0.3, 0.4) is 0 Å². The highest BCUT2D eigenvalue weighted by molar-refractivity contribution is 6.46. The van der Waals surface area contributed by atoms with Crippen LogP contribution in [-0.2, 0) is 19.1 Å². The molecular formula is C15H15N3O6. The van der Waals surface area contributed by atoms with Crippen molar-refractivity contribution in [3.05, 3.63) is 18.2 Å². The van der Waals surface area contributed by atoms with Crippen LogP contribution in [0, 0.1) is 5.92 Å². The Balaban J connectivity index is 2.00. The summed E-state index contributed by atoms with van der Waals surface area (Å²) in [5, 5.41) is 3.76. The fourth-order valence-corrected chi connectivity index (χ4v) is 2.77. The van der Waals surface area contributed by atoms with E-state index in [1.807, 2.05) is 0 Å². The van der Waals surface area contributed by atoms with Crippen molar-refractivity contribution < 1.29 is 28.6 Å². The Morgan fingerprint density at radius 3 is 2.54 bits per heavy atom. The number of fused-ring (bicyclic) bond motifs is 1. The standard InChI is InChI=1S/C15H15N3O6/c1-22-7-4-5-8(9(6-7)23-2)18-13(19)10-11(14(18)20)16-17-12(10)15(21)24-3/h4-6,10-11,16H,1-3H3/t10-,11-/m1/s1. The van der Waals surface area contributed by atoms with E-state index in [-0.39, 0.29) is 11.4 Å². The van der Waals surface area contributed by atoms with Gasteiger partial charge in [0.25, 0.3) is 5.91 Å². The molecule has 2 amide bonds. The van der Waals surface area contributed by atoms with Gasteiger partial charge in [-0.1, -0.05) is 0 Å². The van der Waals surface area contributed by atoms with E-state index in [1.165, 1.54) is 21.3 Å². The van der Waals surface area contributed by atoms with E-state index < -0.39 is 29.7 Å². The van der Waals surface area contributed by atoms with Crippen LogP contribution in [0.25, 0.3) is 0 Å². The first-order chi connectivity index (χ1) is 11.5. The van der Waals surface area contributed by atoms with E-state index in [2.05, 4.69) is 15.3 Å². The second kappa shape index (κ2) is 5.84. The van der Waals surface area contributed by atoms with Crippen LogP contribution in [0.1, 0.15) is 0 Å². The quantitative estimate of drug-likeness (QED) is 0.595. The number of benzene rings is 1. The SMILES string of the molecule is COC(=O)C1=NN[C@H]2C(=O)N(c3ccc(OC)cc3OC)C(=O)[C@@H]12. The molecule has 9 nitrogen and oxygen atoms in total. The first-order valence-electron chi connectivity index (χ1n) is 7.04. The topological polar surface area (TPSA) is 107 Å². The van der Waals surface area contributed by atoms with Gasteiger partial charge < -0.3 is 14.2 Å². The molecule has 0 saturated carbocycles. The Hall–Kier alpha value is -3.10. The molecule has 2 aliphatic rings. The number of nitrogens with one attached hydrogen (secondary N) is 1. The number of hydrazone groups is 1. The lowest BCUT2D eigenvalue weighted by atomic mass is 9.99. The Bertz CT molecular complexity index is 760. The van der Waals surface area contributed by atoms with Gasteiger partial charge in [-0.05, 0) is 12.1 Å². The summed E-state index contributed by atoms with van der Waals surface area (Å²) in [7, 11) is 4.10. The number of ether oxygens (including phenoxy) is 3. The number of esters is 1. The Morgan fingerprint density at radius 1 is 1.17 bits per heavy atom. The molecule has 2 heterocycles. The number of imide groups is 1. The summed E-state index contributed by atoms with van der Waals surface area (Å²) in [6.45, 7) is 0. The summed E-state index contributed by atoms with van der Waals surface area (Å²) in [6, 6.07) is 3.78. The number of anilines is 1. The molecule has 1 aromatic rings. The molecular weight excluding hydrogens is 318 g/mol. The summed E-state index contributed by atoms with van der Waals surface area (Å²) in [6.07, 6.45) is 0. The maximum Gasteiger partial charge on any atom is 0.355 e. The highest BCUT2D eigenvalue weighted by Gasteiger charge is 2.56. The van der Waals surface area contributed by atoms with Crippen molar-refractivity contribution in [2.75, 3.05) is 26.2 Å². The fraction of sp³-hybridized carbons (Fsp3) is 0.333. The van der Waals surface area contributed by atoms with Gasteiger partial charge in [0.2, 0.25) is 5.91 Å². The second-order valence-corrected chi connectivity index (χ2v) is 5.12. The predicted molar refractivity (Wildman–Crippen MR) is 81.9 cm³/mol. The van der Waals surface area contributed by atoms with E-state index in [0.717, 1.165) is 4.90 Å². The molecule has 0 aliphatic carbocycles. The molecule has 2 aliphatic heterocycles. The zero-order chi connectivity index (χ0) is 17.4. The van der Waals surface area contributed by atoms with E-state index in [4.69, 9.17) is 9.47 Å². The number of hydrogen-bond donors (Lipinski definition) is 1. The second-order valence-electron chi connectivity index (χ2n) is 5.12. The van der Waals surface area contributed by atoms with Gasteiger partial charge in [-0.25, -0.2) is 9.69 Å². The van der Waals surface area contributed by atoms with Crippen molar-refractivity contribution >= 4 is 29.2 Å². The Morgan fingerprint density at radius 2 is 1.92 bits per heavy atom. The molecule has 0 radical (unpaired) electrons. The van der Waals surface area contributed by atoms with Crippen LogP contribution < -0.4 is 19.8 Å². The number of amides is 2. The molecule has 24 heavy (non-hydrogen) atoms. The summed E-state index contributed by atoms with van der Waals surface area (Å²) in [4.78, 5) is 38.1. The highest BCUT2D eigenvalue weighted by Crippen LogP contribution is 2.37. The molecule has 1 N–H and O–H groups in total. The van der Waals surface area contributed by atoms with Crippen LogP contribution in [0.4, 0.5) is 5.69 Å². The van der Waals surface area contributed by atoms with Gasteiger partial charge in [-0.15, -0.1) is 0 Å². The Labute approximate surface area is 137 Å². The normalized spacial score (nSPS) is 22.0. The predicted octanol–water partition coefficient (Wildman–Crippen LogP) is -0.306. The summed E-state index contributed by atoms with van der Waals surface area (Å²) in [5.41, 5.74) is 2.69. The summed E-state index contributed by atoms with van der Waals surface area (Å²) in [5.74, 6) is -2.03. The molecule has 1 fully saturated rings. The third-order valence-electron chi connectivity index (χ3n) is 3.95. The maximum absolute atomic E-state index is 12.7. The lowest BCUT2D eigenvalue weighted by Gasteiger charge is -2.19. The number of nitrogens with zero attached hydrogens (tertiary/aromatic N) is 2. The molecule has 2 atom stereocenters. The van der Waals surface area contributed by atoms with Crippen LogP contribution in [0.5, 0.6) is 11.5 Å². The van der Waals surface area contributed by atoms with Crippen LogP contribution >= 0.6 is 0 Å². The van der Waals surface area contributed by atoms with Crippen molar-refractivity contribution in [3.63, 3.8) is 0 Å². The van der Waals surface area contributed by atoms with Gasteiger partial charge in [-0.3, -0.25) is 15.0 Å². The smallest absolute Gasteiger partial charge is 0.355 e. The monoisotopic (exact) mass is 333 g/mol. The lowest BCUT2D eigenvalue weighted by Crippen LogP contribution is -2.36. The molecule has 1 aromatic carbocycles. The van der Waals surface area contributed by atoms with Crippen molar-refractivity contribution in [2.24, 2.45) is 11.0 Å². The van der Waals surface area contributed by atoms with Crippen LogP contribution in [0.15, 0.2) is 23.3 Å². The zero-order valence-electron chi connectivity index (χ0n) is 13.2. The van der Waals surface area contributed by atoms with Crippen LogP contribution in [-0.4, -0.2) is 50.9 Å². The fourth-order valence-electron chi connectivity index (χ4n) is 2.77. The van der Waals surface area contributed by atoms with Crippen molar-refractivity contribution in [1.29, 1.82) is 0 Å². The summed E-state index contributed by atoms with van der Waals surface area (Å²) < 4.78 is 15.0. The van der Waals surface area contributed by atoms with Gasteiger partial charge in [-0.2, -0.15) is 5.10 Å². The van der Waals surface area contributed by atoms with Crippen molar-refractivity contribution in [1.82, 2.24) is 5.43 Å². The maximum atomic E-state index is 12.7. The average Bonchev–Trinajstić information content (AvgIpc) is 3.14. The van der Waals surface area contributed by atoms with Gasteiger partial charge in [0.1, 0.15) is 23.5 Å². The van der Waals surface area contributed by atoms with E-state index >= 15 is 0 Å². The summed E-state index contributed by atoms with van der Waals surface area (Å²) >= 11 is 0. The van der Waals surface area contributed by atoms with Crippen molar-refractivity contribution in [2.45, 2.75) is 6.04 Å². The minimum atomic E-state index is -1.02. The molecule has 0 bridgehead atoms. The Kier molecular flexibility index (Phi) is 3.84. The largest absolute Gasteiger partial charge is 0.497 e. The van der Waals surface area contributed by atoms with Crippen molar-refractivity contribution in [3.8, 4) is 11.5 Å². The number of rotatable bonds is 4. The highest BCUT2D eigenvalue weighted by atomic mass is 16.5. The number of carbonyl (C=O) groups excluding carboxylic acids is 3. The van der Waals surface area contributed by atoms with Gasteiger partial charge >= 0.3 is 5.97 Å². The van der Waals surface area contributed by atoms with E-state index in [0.29, 0.717) is 11.5 Å². The number of methoxy groups -OCH3 is 3. The first kappa shape index (κ1) is 15.8. The minimum absolute atomic E-state index is 0.115. The molecule has 126 valence electrons. The van der Waals surface area contributed by atoms with Gasteiger partial charge in [0.05, 0.1) is 27.0 Å². The first-order valence-corrected chi connectivity index (χ1v) is 7.04. The molecule has 0 unspecified atom stereocenters. The van der Waals surface area contributed by atoms with E-state index in [9.17, 15) is 14.4 Å². The molecule has 9 heteroatoms. The third-order valence-corrected chi connectivity index (χ3v) is 3.95. The molecule has 0 aromatic heterocycles. The third kappa shape index (κ3) is 2.16. The van der Waals surface area contributed by atoms with Gasteiger partial charge in [0.15, 0.2) is 5.71 Å². The zero-order valence-corrected chi connectivity index (χ0v) is 13.2. The lowest BCUT2D eigenvalue weighted by molar-refractivity contribution is -0.133. The molecule has 3 rings (SSSR count). The molecule has 0 spiro atoms. The number of hydrogen-bond acceptors (Lipinski definition) is 8. The van der Waals surface area contributed by atoms with E-state index in [1.54, 1.807) is 18.2 Å². The molecule has 1 saturated heterocycles. The van der Waals surface area contributed by atoms with Gasteiger partial charge in [0, 0.05) is 6.07 Å². The van der Waals surface area contributed by atoms with Crippen LogP contribution in [0.2, 0.25) is 0 Å². The number of carbonyl (C=O) groups is 3. The minimum Gasteiger partial charge on any atom is -0.497 e.